The smallest absolute Gasteiger partial charge is 0.264 e. The molecule has 0 saturated heterocycles. The van der Waals surface area contributed by atoms with Gasteiger partial charge in [0.15, 0.2) is 0 Å². The second-order valence-corrected chi connectivity index (χ2v) is 13.8. The summed E-state index contributed by atoms with van der Waals surface area (Å²) in [4.78, 5) is 29.9. The summed E-state index contributed by atoms with van der Waals surface area (Å²) in [6, 6.07) is 28.2. The van der Waals surface area contributed by atoms with E-state index < -0.39 is 34.3 Å². The lowest BCUT2D eigenvalue weighted by atomic mass is 9.94. The van der Waals surface area contributed by atoms with Crippen molar-refractivity contribution >= 4 is 39.1 Å². The Balaban J connectivity index is 1.56. The number of nitrogens with one attached hydrogen (secondary N) is 1. The maximum Gasteiger partial charge on any atom is 0.264 e. The van der Waals surface area contributed by atoms with Gasteiger partial charge in [0.05, 0.1) is 10.6 Å². The molecule has 0 bridgehead atoms. The number of benzene rings is 4. The molecule has 1 N–H and O–H groups in total. The molecular weight excluding hydrogens is 625 g/mol. The van der Waals surface area contributed by atoms with E-state index in [1.54, 1.807) is 48.5 Å². The highest BCUT2D eigenvalue weighted by Crippen LogP contribution is 2.27. The van der Waals surface area contributed by atoms with E-state index in [-0.39, 0.29) is 41.1 Å². The number of nitrogens with zero attached hydrogens (tertiary/aromatic N) is 2. The topological polar surface area (TPSA) is 86.8 Å². The predicted molar refractivity (Wildman–Crippen MR) is 178 cm³/mol. The third-order valence-corrected chi connectivity index (χ3v) is 10.3. The summed E-state index contributed by atoms with van der Waals surface area (Å²) in [5.41, 5.74) is 1.24. The third kappa shape index (κ3) is 8.33. The van der Waals surface area contributed by atoms with Gasteiger partial charge in [-0.1, -0.05) is 97.6 Å². The number of hydrogen-bond donors (Lipinski definition) is 1. The lowest BCUT2D eigenvalue weighted by Crippen LogP contribution is -2.55. The maximum atomic E-state index is 15.1. The van der Waals surface area contributed by atoms with E-state index in [1.165, 1.54) is 35.2 Å². The van der Waals surface area contributed by atoms with Crippen molar-refractivity contribution < 1.29 is 22.4 Å². The number of carbonyl (C=O) groups excluding carboxylic acids is 2. The fraction of sp³-hybridized carbons (Fsp3) is 0.278. The molecule has 0 heterocycles. The fourth-order valence-electron chi connectivity index (χ4n) is 5.76. The molecule has 10 heteroatoms. The zero-order chi connectivity index (χ0) is 32.5. The van der Waals surface area contributed by atoms with Gasteiger partial charge in [0, 0.05) is 29.6 Å². The van der Waals surface area contributed by atoms with Crippen molar-refractivity contribution in [1.82, 2.24) is 10.2 Å². The first-order valence-electron chi connectivity index (χ1n) is 15.4. The van der Waals surface area contributed by atoms with Crippen LogP contribution in [0.15, 0.2) is 114 Å². The van der Waals surface area contributed by atoms with Crippen LogP contribution in [-0.4, -0.2) is 43.8 Å². The molecule has 1 aliphatic rings. The minimum atomic E-state index is -4.24. The van der Waals surface area contributed by atoms with Crippen molar-refractivity contribution in [3.8, 4) is 0 Å². The molecular formula is C36H37ClFN3O4S. The molecule has 0 spiro atoms. The molecule has 1 fully saturated rings. The number of hydrogen-bond acceptors (Lipinski definition) is 4. The highest BCUT2D eigenvalue weighted by atomic mass is 35.5. The zero-order valence-electron chi connectivity index (χ0n) is 25.4. The van der Waals surface area contributed by atoms with Crippen molar-refractivity contribution in [1.29, 1.82) is 0 Å². The Bertz CT molecular complexity index is 1720. The van der Waals surface area contributed by atoms with Crippen molar-refractivity contribution in [2.45, 2.75) is 62.0 Å². The van der Waals surface area contributed by atoms with Gasteiger partial charge >= 0.3 is 0 Å². The summed E-state index contributed by atoms with van der Waals surface area (Å²) < 4.78 is 44.2. The number of amides is 2. The standard InChI is InChI=1S/C36H37ClFN3O4S/c37-29-20-22-31(23-21-29)41(46(44,45)32-17-8-3-9-18-32)26-35(42)40(25-28-14-10-11-19-33(28)38)34(24-27-12-4-1-5-13-27)36(43)39-30-15-6-2-7-16-30/h1,3-5,8-14,17-23,30,34H,2,6-7,15-16,24-26H2,(H,39,43)/t34-/m0/s1. The molecule has 2 amide bonds. The molecule has 1 atom stereocenters. The van der Waals surface area contributed by atoms with E-state index in [0.717, 1.165) is 42.0 Å². The van der Waals surface area contributed by atoms with Gasteiger partial charge in [0.2, 0.25) is 11.8 Å². The van der Waals surface area contributed by atoms with Crippen LogP contribution in [0.4, 0.5) is 10.1 Å². The predicted octanol–water partition coefficient (Wildman–Crippen LogP) is 6.76. The first kappa shape index (κ1) is 33.2. The number of anilines is 1. The summed E-state index contributed by atoms with van der Waals surface area (Å²) in [6.45, 7) is -0.865. The van der Waals surface area contributed by atoms with Crippen LogP contribution in [-0.2, 0) is 32.6 Å². The Morgan fingerprint density at radius 1 is 0.826 bits per heavy atom. The van der Waals surface area contributed by atoms with Crippen LogP contribution >= 0.6 is 11.6 Å². The number of carbonyl (C=O) groups is 2. The van der Waals surface area contributed by atoms with Crippen molar-refractivity contribution in [2.75, 3.05) is 10.8 Å². The molecule has 240 valence electrons. The van der Waals surface area contributed by atoms with Crippen LogP contribution in [0.3, 0.4) is 0 Å². The zero-order valence-corrected chi connectivity index (χ0v) is 27.0. The molecule has 0 unspecified atom stereocenters. The van der Waals surface area contributed by atoms with Gasteiger partial charge in [0.1, 0.15) is 18.4 Å². The van der Waals surface area contributed by atoms with E-state index in [2.05, 4.69) is 5.32 Å². The normalized spacial score (nSPS) is 14.3. The summed E-state index contributed by atoms with van der Waals surface area (Å²) in [5.74, 6) is -1.54. The molecule has 46 heavy (non-hydrogen) atoms. The van der Waals surface area contributed by atoms with Crippen LogP contribution in [0.25, 0.3) is 0 Å². The average molecular weight is 662 g/mol. The minimum Gasteiger partial charge on any atom is -0.352 e. The Morgan fingerprint density at radius 3 is 2.09 bits per heavy atom. The number of rotatable bonds is 12. The van der Waals surface area contributed by atoms with Gasteiger partial charge in [-0.3, -0.25) is 13.9 Å². The second-order valence-electron chi connectivity index (χ2n) is 11.5. The average Bonchev–Trinajstić information content (AvgIpc) is 3.07. The molecule has 1 aliphatic carbocycles. The number of halogens is 2. The SMILES string of the molecule is O=C(NC1CCCCC1)[C@H](Cc1ccccc1)N(Cc1ccccc1F)C(=O)CN(c1ccc(Cl)cc1)S(=O)(=O)c1ccccc1. The monoisotopic (exact) mass is 661 g/mol. The lowest BCUT2D eigenvalue weighted by molar-refractivity contribution is -0.140. The lowest BCUT2D eigenvalue weighted by Gasteiger charge is -2.35. The third-order valence-electron chi connectivity index (χ3n) is 8.25. The summed E-state index contributed by atoms with van der Waals surface area (Å²) in [7, 11) is -4.24. The van der Waals surface area contributed by atoms with Gasteiger partial charge < -0.3 is 10.2 Å². The van der Waals surface area contributed by atoms with Crippen molar-refractivity contribution in [3.63, 3.8) is 0 Å². The first-order valence-corrected chi connectivity index (χ1v) is 17.2. The molecule has 5 rings (SSSR count). The molecule has 1 saturated carbocycles. The Morgan fingerprint density at radius 2 is 1.43 bits per heavy atom. The largest absolute Gasteiger partial charge is 0.352 e. The van der Waals surface area contributed by atoms with Gasteiger partial charge in [0.25, 0.3) is 10.0 Å². The van der Waals surface area contributed by atoms with Crippen LogP contribution in [0.1, 0.15) is 43.2 Å². The molecule has 0 aromatic heterocycles. The molecule has 4 aromatic rings. The van der Waals surface area contributed by atoms with Crippen molar-refractivity contribution in [3.05, 3.63) is 131 Å². The maximum absolute atomic E-state index is 15.1. The second kappa shape index (κ2) is 15.4. The Hall–Kier alpha value is -4.21. The molecule has 0 aliphatic heterocycles. The van der Waals surface area contributed by atoms with E-state index in [4.69, 9.17) is 11.6 Å². The van der Waals surface area contributed by atoms with Gasteiger partial charge in [-0.15, -0.1) is 0 Å². The van der Waals surface area contributed by atoms with Crippen LogP contribution in [0.2, 0.25) is 5.02 Å². The number of sulfonamides is 1. The quantitative estimate of drug-likeness (QED) is 0.182. The highest BCUT2D eigenvalue weighted by Gasteiger charge is 2.35. The fourth-order valence-corrected chi connectivity index (χ4v) is 7.33. The van der Waals surface area contributed by atoms with Crippen LogP contribution in [0, 0.1) is 5.82 Å². The first-order chi connectivity index (χ1) is 22.2. The molecule has 7 nitrogen and oxygen atoms in total. The highest BCUT2D eigenvalue weighted by molar-refractivity contribution is 7.92. The minimum absolute atomic E-state index is 0.00530. The Labute approximate surface area is 275 Å². The van der Waals surface area contributed by atoms with E-state index >= 15 is 4.39 Å². The molecule has 0 radical (unpaired) electrons. The van der Waals surface area contributed by atoms with Gasteiger partial charge in [-0.2, -0.15) is 0 Å². The van der Waals surface area contributed by atoms with Gasteiger partial charge in [-0.05, 0) is 60.9 Å². The Kier molecular flexibility index (Phi) is 11.1. The summed E-state index contributed by atoms with van der Waals surface area (Å²) in [6.07, 6.45) is 4.94. The van der Waals surface area contributed by atoms with Crippen molar-refractivity contribution in [2.24, 2.45) is 0 Å². The van der Waals surface area contributed by atoms with Crippen LogP contribution < -0.4 is 9.62 Å². The summed E-state index contributed by atoms with van der Waals surface area (Å²) in [5, 5.41) is 3.55. The van der Waals surface area contributed by atoms with Crippen LogP contribution in [0.5, 0.6) is 0 Å². The summed E-state index contributed by atoms with van der Waals surface area (Å²) >= 11 is 6.12. The van der Waals surface area contributed by atoms with E-state index in [0.29, 0.717) is 5.02 Å². The van der Waals surface area contributed by atoms with Gasteiger partial charge in [-0.25, -0.2) is 12.8 Å². The molecule has 4 aromatic carbocycles. The van der Waals surface area contributed by atoms with E-state index in [9.17, 15) is 18.0 Å². The van der Waals surface area contributed by atoms with E-state index in [1.807, 2.05) is 30.3 Å².